The summed E-state index contributed by atoms with van der Waals surface area (Å²) in [6.45, 7) is 0. The Labute approximate surface area is 101 Å². The van der Waals surface area contributed by atoms with Crippen molar-refractivity contribution in [3.63, 3.8) is 0 Å². The Morgan fingerprint density at radius 2 is 1.69 bits per heavy atom. The first-order valence-corrected chi connectivity index (χ1v) is 6.94. The first kappa shape index (κ1) is 11.6. The van der Waals surface area contributed by atoms with Crippen LogP contribution in [-0.2, 0) is 9.84 Å². The number of halogens is 2. The van der Waals surface area contributed by atoms with E-state index >= 15 is 0 Å². The fraction of sp³-hybridized carbons (Fsp3) is 0. The zero-order valence-corrected chi connectivity index (χ0v) is 10.2. The third-order valence-corrected chi connectivity index (χ3v) is 5.32. The minimum absolute atomic E-state index is 0.00711. The Balaban J connectivity index is 2.51. The van der Waals surface area contributed by atoms with E-state index in [0.717, 1.165) is 6.07 Å². The Morgan fingerprint density at radius 3 is 2.19 bits per heavy atom. The van der Waals surface area contributed by atoms with Gasteiger partial charge < -0.3 is 0 Å². The lowest BCUT2D eigenvalue weighted by atomic mass is 10.4. The molecule has 6 heteroatoms. The van der Waals surface area contributed by atoms with Gasteiger partial charge in [0.15, 0.2) is 5.13 Å². The van der Waals surface area contributed by atoms with Crippen molar-refractivity contribution in [2.24, 2.45) is 0 Å². The molecule has 0 aliphatic heterocycles. The molecule has 0 bridgehead atoms. The zero-order valence-electron chi connectivity index (χ0n) is 7.85. The van der Waals surface area contributed by atoms with Crippen LogP contribution in [0.5, 0.6) is 0 Å². The summed E-state index contributed by atoms with van der Waals surface area (Å²) in [6.07, 6.45) is 0. The highest BCUT2D eigenvalue weighted by Gasteiger charge is 2.19. The van der Waals surface area contributed by atoms with Crippen molar-refractivity contribution in [1.29, 1.82) is 0 Å². The fourth-order valence-electron chi connectivity index (χ4n) is 1.17. The molecule has 0 saturated heterocycles. The van der Waals surface area contributed by atoms with Crippen LogP contribution < -0.4 is 0 Å². The van der Waals surface area contributed by atoms with Crippen molar-refractivity contribution < 1.29 is 12.8 Å². The smallest absolute Gasteiger partial charge is 0.216 e. The van der Waals surface area contributed by atoms with E-state index in [9.17, 15) is 12.8 Å². The molecule has 2 nitrogen and oxygen atoms in total. The summed E-state index contributed by atoms with van der Waals surface area (Å²) in [7, 11) is -3.62. The van der Waals surface area contributed by atoms with E-state index in [0.29, 0.717) is 16.4 Å². The van der Waals surface area contributed by atoms with Crippen molar-refractivity contribution in [2.75, 3.05) is 0 Å². The average Bonchev–Trinajstić information content (AvgIpc) is 2.66. The lowest BCUT2D eigenvalue weighted by Crippen LogP contribution is -1.98. The van der Waals surface area contributed by atoms with Crippen molar-refractivity contribution in [3.8, 4) is 0 Å². The quantitative estimate of drug-likeness (QED) is 0.843. The summed E-state index contributed by atoms with van der Waals surface area (Å²) in [6, 6.07) is 8.15. The molecule has 0 atom stereocenters. The largest absolute Gasteiger partial charge is 0.218 e. The molecule has 2 rings (SSSR count). The van der Waals surface area contributed by atoms with Gasteiger partial charge in [0.25, 0.3) is 0 Å². The van der Waals surface area contributed by atoms with Crippen LogP contribution in [0.1, 0.15) is 0 Å². The highest BCUT2D eigenvalue weighted by atomic mass is 35.5. The number of hydrogen-bond acceptors (Lipinski definition) is 3. The summed E-state index contributed by atoms with van der Waals surface area (Å²) >= 11 is 6.27. The van der Waals surface area contributed by atoms with Gasteiger partial charge in [-0.15, -0.1) is 0 Å². The molecule has 0 aliphatic rings. The van der Waals surface area contributed by atoms with Crippen LogP contribution >= 0.6 is 22.9 Å². The van der Waals surface area contributed by atoms with Gasteiger partial charge in [0, 0.05) is 5.02 Å². The minimum Gasteiger partial charge on any atom is -0.218 e. The maximum Gasteiger partial charge on any atom is 0.216 e. The average molecular weight is 277 g/mol. The second kappa shape index (κ2) is 4.16. The molecule has 0 fully saturated rings. The van der Waals surface area contributed by atoms with Gasteiger partial charge in [-0.25, -0.2) is 8.42 Å². The Kier molecular flexibility index (Phi) is 3.01. The second-order valence-electron chi connectivity index (χ2n) is 3.02. The van der Waals surface area contributed by atoms with Crippen LogP contribution in [0.2, 0.25) is 5.02 Å². The van der Waals surface area contributed by atoms with Crippen LogP contribution in [0.3, 0.4) is 0 Å². The van der Waals surface area contributed by atoms with E-state index in [1.165, 1.54) is 30.3 Å². The standard InChI is InChI=1S/C10H6ClFO2S2/c11-7-1-3-8(4-2-7)16(13,14)10-6-5-9(12)15-10/h1-6H. The molecule has 0 spiro atoms. The summed E-state index contributed by atoms with van der Waals surface area (Å²) in [5.41, 5.74) is 0. The highest BCUT2D eigenvalue weighted by molar-refractivity contribution is 7.93. The third-order valence-electron chi connectivity index (χ3n) is 1.94. The summed E-state index contributed by atoms with van der Waals surface area (Å²) in [5, 5.41) is -0.0659. The van der Waals surface area contributed by atoms with E-state index in [1.807, 2.05) is 0 Å². The molecule has 2 aromatic rings. The fourth-order valence-corrected chi connectivity index (χ4v) is 3.70. The van der Waals surface area contributed by atoms with E-state index in [4.69, 9.17) is 11.6 Å². The SMILES string of the molecule is O=S(=O)(c1ccc(Cl)cc1)c1ccc(F)s1. The Hall–Kier alpha value is -0.910. The number of hydrogen-bond donors (Lipinski definition) is 0. The van der Waals surface area contributed by atoms with Gasteiger partial charge in [0.05, 0.1) is 4.90 Å². The highest BCUT2D eigenvalue weighted by Crippen LogP contribution is 2.27. The molecular formula is C10H6ClFO2S2. The zero-order chi connectivity index (χ0) is 11.8. The van der Waals surface area contributed by atoms with E-state index in [1.54, 1.807) is 0 Å². The molecule has 1 heterocycles. The van der Waals surface area contributed by atoms with Crippen molar-refractivity contribution in [3.05, 3.63) is 46.6 Å². The molecule has 84 valence electrons. The number of thiophene rings is 1. The molecular weight excluding hydrogens is 271 g/mol. The molecule has 0 aliphatic carbocycles. The third kappa shape index (κ3) is 2.11. The van der Waals surface area contributed by atoms with E-state index in [-0.39, 0.29) is 9.10 Å². The second-order valence-corrected chi connectivity index (χ2v) is 6.66. The molecule has 0 amide bonds. The first-order valence-electron chi connectivity index (χ1n) is 4.26. The predicted molar refractivity (Wildman–Crippen MR) is 61.2 cm³/mol. The van der Waals surface area contributed by atoms with Crippen LogP contribution in [0.15, 0.2) is 45.5 Å². The number of sulfone groups is 1. The van der Waals surface area contributed by atoms with Crippen molar-refractivity contribution in [2.45, 2.75) is 9.10 Å². The summed E-state index contributed by atoms with van der Waals surface area (Å²) in [4.78, 5) is 0.110. The normalized spacial score (nSPS) is 11.6. The number of rotatable bonds is 2. The molecule has 1 aromatic heterocycles. The molecule has 1 aromatic carbocycles. The van der Waals surface area contributed by atoms with Gasteiger partial charge >= 0.3 is 0 Å². The van der Waals surface area contributed by atoms with E-state index in [2.05, 4.69) is 0 Å². The van der Waals surface area contributed by atoms with Gasteiger partial charge in [0.1, 0.15) is 4.21 Å². The van der Waals surface area contributed by atoms with Crippen LogP contribution in [-0.4, -0.2) is 8.42 Å². The molecule has 0 unspecified atom stereocenters. The van der Waals surface area contributed by atoms with Gasteiger partial charge in [-0.3, -0.25) is 0 Å². The monoisotopic (exact) mass is 276 g/mol. The van der Waals surface area contributed by atoms with Crippen LogP contribution in [0.4, 0.5) is 4.39 Å². The maximum atomic E-state index is 12.8. The molecule has 0 radical (unpaired) electrons. The minimum atomic E-state index is -3.62. The van der Waals surface area contributed by atoms with Gasteiger partial charge in [-0.05, 0) is 36.4 Å². The molecule has 0 N–H and O–H groups in total. The molecule has 16 heavy (non-hydrogen) atoms. The predicted octanol–water partition coefficient (Wildman–Crippen LogP) is 3.37. The number of benzene rings is 1. The van der Waals surface area contributed by atoms with E-state index < -0.39 is 15.0 Å². The lowest BCUT2D eigenvalue weighted by Gasteiger charge is -2.00. The van der Waals surface area contributed by atoms with Gasteiger partial charge in [-0.2, -0.15) is 4.39 Å². The topological polar surface area (TPSA) is 34.1 Å². The summed E-state index contributed by atoms with van der Waals surface area (Å²) < 4.78 is 36.7. The maximum absolute atomic E-state index is 12.8. The Bertz CT molecular complexity index is 602. The van der Waals surface area contributed by atoms with Gasteiger partial charge in [0.2, 0.25) is 9.84 Å². The van der Waals surface area contributed by atoms with Crippen LogP contribution in [0.25, 0.3) is 0 Å². The summed E-state index contributed by atoms with van der Waals surface area (Å²) in [5.74, 6) is 0. The molecule has 0 saturated carbocycles. The lowest BCUT2D eigenvalue weighted by molar-refractivity contribution is 0.598. The van der Waals surface area contributed by atoms with Crippen molar-refractivity contribution in [1.82, 2.24) is 0 Å². The Morgan fingerprint density at radius 1 is 1.06 bits per heavy atom. The van der Waals surface area contributed by atoms with Crippen LogP contribution in [0, 0.1) is 5.13 Å². The first-order chi connectivity index (χ1) is 7.50. The van der Waals surface area contributed by atoms with Gasteiger partial charge in [-0.1, -0.05) is 22.9 Å². The van der Waals surface area contributed by atoms with Crippen molar-refractivity contribution >= 4 is 32.8 Å².